The molecule has 0 saturated carbocycles. The maximum absolute atomic E-state index is 5.73. The summed E-state index contributed by atoms with van der Waals surface area (Å²) in [6.45, 7) is 8.72. The second kappa shape index (κ2) is 5.00. The van der Waals surface area contributed by atoms with Crippen LogP contribution in [-0.4, -0.2) is 26.9 Å². The highest BCUT2D eigenvalue weighted by atomic mass is 16.5. The molecule has 0 saturated heterocycles. The highest BCUT2D eigenvalue weighted by Gasteiger charge is 2.31. The van der Waals surface area contributed by atoms with E-state index in [1.807, 2.05) is 6.92 Å². The molecule has 2 aromatic rings. The third kappa shape index (κ3) is 2.76. The van der Waals surface area contributed by atoms with Crippen molar-refractivity contribution >= 4 is 5.82 Å². The van der Waals surface area contributed by atoms with Gasteiger partial charge in [0.1, 0.15) is 17.5 Å². The second-order valence-electron chi connectivity index (χ2n) is 5.36. The zero-order valence-corrected chi connectivity index (χ0v) is 11.6. The van der Waals surface area contributed by atoms with Crippen LogP contribution in [0.1, 0.15) is 39.6 Å². The smallest absolute Gasteiger partial charge is 0.263 e. The van der Waals surface area contributed by atoms with Crippen molar-refractivity contribution in [3.8, 4) is 11.5 Å². The van der Waals surface area contributed by atoms with E-state index in [4.69, 9.17) is 15.0 Å². The van der Waals surface area contributed by atoms with Crippen molar-refractivity contribution in [3.05, 3.63) is 12.0 Å². The minimum absolute atomic E-state index is 0.126. The summed E-state index contributed by atoms with van der Waals surface area (Å²) in [6, 6.07) is 0. The number of nitrogens with zero attached hydrogens (tertiary/aromatic N) is 3. The van der Waals surface area contributed by atoms with Crippen LogP contribution in [0.5, 0.6) is 0 Å². The van der Waals surface area contributed by atoms with E-state index in [9.17, 15) is 0 Å². The number of aromatic amines is 1. The number of hydrogen-bond acceptors (Lipinski definition) is 6. The summed E-state index contributed by atoms with van der Waals surface area (Å²) in [5, 5.41) is 10.4. The van der Waals surface area contributed by atoms with Crippen LogP contribution in [-0.2, 0) is 4.74 Å². The monoisotopic (exact) mass is 265 g/mol. The van der Waals surface area contributed by atoms with Gasteiger partial charge in [-0.25, -0.2) is 0 Å². The van der Waals surface area contributed by atoms with Crippen molar-refractivity contribution in [3.63, 3.8) is 0 Å². The Bertz CT molecular complexity index is 540. The number of nitrogens with one attached hydrogen (secondary N) is 1. The minimum atomic E-state index is -0.233. The van der Waals surface area contributed by atoms with Gasteiger partial charge in [0, 0.05) is 6.61 Å². The largest absolute Gasteiger partial charge is 0.383 e. The van der Waals surface area contributed by atoms with Gasteiger partial charge in [0.2, 0.25) is 5.82 Å². The first-order valence-electron chi connectivity index (χ1n) is 6.18. The minimum Gasteiger partial charge on any atom is -0.383 e. The Morgan fingerprint density at radius 1 is 1.47 bits per heavy atom. The molecule has 2 rings (SSSR count). The Kier molecular flexibility index (Phi) is 3.57. The predicted octanol–water partition coefficient (Wildman–Crippen LogP) is 2.17. The van der Waals surface area contributed by atoms with Gasteiger partial charge >= 0.3 is 0 Å². The number of rotatable bonds is 4. The molecule has 7 nitrogen and oxygen atoms in total. The van der Waals surface area contributed by atoms with E-state index < -0.39 is 0 Å². The number of nitrogen functional groups attached to an aromatic ring is 1. The first-order valence-corrected chi connectivity index (χ1v) is 6.18. The average molecular weight is 265 g/mol. The summed E-state index contributed by atoms with van der Waals surface area (Å²) in [7, 11) is 0. The van der Waals surface area contributed by atoms with Crippen LogP contribution < -0.4 is 5.73 Å². The van der Waals surface area contributed by atoms with E-state index in [0.717, 1.165) is 0 Å². The Morgan fingerprint density at radius 3 is 2.74 bits per heavy atom. The molecule has 2 heterocycles. The quantitative estimate of drug-likeness (QED) is 0.878. The molecule has 19 heavy (non-hydrogen) atoms. The van der Waals surface area contributed by atoms with Gasteiger partial charge in [-0.15, -0.1) is 0 Å². The summed E-state index contributed by atoms with van der Waals surface area (Å²) < 4.78 is 10.9. The van der Waals surface area contributed by atoms with Gasteiger partial charge in [-0.05, 0) is 12.3 Å². The zero-order chi connectivity index (χ0) is 14.0. The highest BCUT2D eigenvalue weighted by Crippen LogP contribution is 2.35. The van der Waals surface area contributed by atoms with Crippen molar-refractivity contribution in [1.82, 2.24) is 20.3 Å². The van der Waals surface area contributed by atoms with Crippen molar-refractivity contribution in [2.24, 2.45) is 5.41 Å². The number of anilines is 1. The lowest BCUT2D eigenvalue weighted by atomic mass is 9.88. The molecule has 2 aromatic heterocycles. The number of aromatic nitrogens is 4. The summed E-state index contributed by atoms with van der Waals surface area (Å²) in [5.41, 5.74) is 6.20. The second-order valence-corrected chi connectivity index (χ2v) is 5.36. The van der Waals surface area contributed by atoms with Crippen molar-refractivity contribution in [2.45, 2.75) is 33.8 Å². The summed E-state index contributed by atoms with van der Waals surface area (Å²) in [5.74, 6) is 1.26. The van der Waals surface area contributed by atoms with Gasteiger partial charge in [0.15, 0.2) is 0 Å². The molecular weight excluding hydrogens is 246 g/mol. The standard InChI is InChI=1S/C12H19N5O2/c1-5-18-8(12(2,3)4)10-15-11(19-17-10)7-6-14-16-9(7)13/h6,8H,5H2,1-4H3,(H3,13,14,16). The zero-order valence-electron chi connectivity index (χ0n) is 11.6. The number of hydrogen-bond donors (Lipinski definition) is 2. The molecule has 1 unspecified atom stereocenters. The SMILES string of the molecule is CCOC(c1noc(-c2cn[nH]c2N)n1)C(C)(C)C. The first-order chi connectivity index (χ1) is 8.93. The third-order valence-electron chi connectivity index (χ3n) is 2.70. The van der Waals surface area contributed by atoms with Crippen molar-refractivity contribution < 1.29 is 9.26 Å². The first kappa shape index (κ1) is 13.5. The van der Waals surface area contributed by atoms with Crippen LogP contribution in [0.2, 0.25) is 0 Å². The van der Waals surface area contributed by atoms with Gasteiger partial charge < -0.3 is 15.0 Å². The van der Waals surface area contributed by atoms with Crippen LogP contribution in [0.3, 0.4) is 0 Å². The summed E-state index contributed by atoms with van der Waals surface area (Å²) >= 11 is 0. The van der Waals surface area contributed by atoms with E-state index in [2.05, 4.69) is 41.1 Å². The molecule has 0 aliphatic rings. The lowest BCUT2D eigenvalue weighted by Crippen LogP contribution is -2.22. The molecule has 0 aromatic carbocycles. The van der Waals surface area contributed by atoms with Gasteiger partial charge in [-0.1, -0.05) is 25.9 Å². The molecule has 3 N–H and O–H groups in total. The Hall–Kier alpha value is -1.89. The Labute approximate surface area is 111 Å². The fourth-order valence-electron chi connectivity index (χ4n) is 1.80. The lowest BCUT2D eigenvalue weighted by Gasteiger charge is -2.27. The maximum Gasteiger partial charge on any atom is 0.263 e. The lowest BCUT2D eigenvalue weighted by molar-refractivity contribution is -0.0203. The van der Waals surface area contributed by atoms with E-state index in [1.54, 1.807) is 6.20 Å². The van der Waals surface area contributed by atoms with Gasteiger partial charge in [0.25, 0.3) is 5.89 Å². The van der Waals surface area contributed by atoms with Crippen LogP contribution in [0, 0.1) is 5.41 Å². The molecule has 0 spiro atoms. The molecule has 1 atom stereocenters. The molecule has 0 aliphatic carbocycles. The fraction of sp³-hybridized carbons (Fsp3) is 0.583. The Balaban J connectivity index is 2.32. The van der Waals surface area contributed by atoms with Crippen LogP contribution in [0.15, 0.2) is 10.7 Å². The molecule has 0 amide bonds. The number of H-pyrrole nitrogens is 1. The maximum atomic E-state index is 5.73. The number of ether oxygens (including phenoxy) is 1. The van der Waals surface area contributed by atoms with Crippen LogP contribution in [0.4, 0.5) is 5.82 Å². The molecule has 0 bridgehead atoms. The van der Waals surface area contributed by atoms with Crippen molar-refractivity contribution in [2.75, 3.05) is 12.3 Å². The van der Waals surface area contributed by atoms with E-state index >= 15 is 0 Å². The van der Waals surface area contributed by atoms with Crippen molar-refractivity contribution in [1.29, 1.82) is 0 Å². The molecule has 0 aliphatic heterocycles. The van der Waals surface area contributed by atoms with E-state index in [0.29, 0.717) is 29.7 Å². The molecule has 0 radical (unpaired) electrons. The van der Waals surface area contributed by atoms with Gasteiger partial charge in [-0.2, -0.15) is 10.1 Å². The van der Waals surface area contributed by atoms with Gasteiger partial charge in [0.05, 0.1) is 6.20 Å². The summed E-state index contributed by atoms with van der Waals surface area (Å²) in [4.78, 5) is 4.36. The predicted molar refractivity (Wildman–Crippen MR) is 70.1 cm³/mol. The Morgan fingerprint density at radius 2 is 2.21 bits per heavy atom. The molecule has 7 heteroatoms. The van der Waals surface area contributed by atoms with Gasteiger partial charge in [-0.3, -0.25) is 5.10 Å². The summed E-state index contributed by atoms with van der Waals surface area (Å²) in [6.07, 6.45) is 1.32. The van der Waals surface area contributed by atoms with Crippen LogP contribution >= 0.6 is 0 Å². The highest BCUT2D eigenvalue weighted by molar-refractivity contribution is 5.65. The van der Waals surface area contributed by atoms with E-state index in [1.165, 1.54) is 0 Å². The third-order valence-corrected chi connectivity index (χ3v) is 2.70. The topological polar surface area (TPSA) is 103 Å². The molecule has 0 fully saturated rings. The normalized spacial score (nSPS) is 13.7. The van der Waals surface area contributed by atoms with E-state index in [-0.39, 0.29) is 11.5 Å². The van der Waals surface area contributed by atoms with Crippen LogP contribution in [0.25, 0.3) is 11.5 Å². The fourth-order valence-corrected chi connectivity index (χ4v) is 1.80. The molecular formula is C12H19N5O2. The molecule has 104 valence electrons. The number of nitrogens with two attached hydrogens (primary N) is 1. The average Bonchev–Trinajstić information content (AvgIpc) is 2.92.